The van der Waals surface area contributed by atoms with Crippen LogP contribution in [0.2, 0.25) is 0 Å². The Morgan fingerprint density at radius 2 is 2.31 bits per heavy atom. The van der Waals surface area contributed by atoms with E-state index in [0.717, 1.165) is 11.3 Å². The van der Waals surface area contributed by atoms with Crippen molar-refractivity contribution in [1.82, 2.24) is 4.72 Å². The van der Waals surface area contributed by atoms with Gasteiger partial charge in [-0.1, -0.05) is 12.8 Å². The quantitative estimate of drug-likeness (QED) is 0.824. The molecule has 0 aromatic carbocycles. The summed E-state index contributed by atoms with van der Waals surface area (Å²) in [6.45, 7) is 1.79. The van der Waals surface area contributed by atoms with Crippen LogP contribution in [0.4, 0.5) is 0 Å². The van der Waals surface area contributed by atoms with Gasteiger partial charge in [-0.2, -0.15) is 9.98 Å². The average Bonchev–Trinajstić information content (AvgIpc) is 2.75. The zero-order valence-electron chi connectivity index (χ0n) is 8.60. The van der Waals surface area contributed by atoms with Crippen LogP contribution in [0.15, 0.2) is 16.3 Å². The summed E-state index contributed by atoms with van der Waals surface area (Å²) in [5.74, 6) is 2.35. The summed E-state index contributed by atoms with van der Waals surface area (Å²) >= 11 is 0.923. The van der Waals surface area contributed by atoms with E-state index in [2.05, 4.69) is 10.6 Å². The van der Waals surface area contributed by atoms with E-state index in [1.54, 1.807) is 6.92 Å². The van der Waals surface area contributed by atoms with Crippen molar-refractivity contribution in [3.63, 3.8) is 0 Å². The monoisotopic (exact) mass is 254 g/mol. The van der Waals surface area contributed by atoms with Crippen molar-refractivity contribution in [1.29, 1.82) is 5.26 Å². The van der Waals surface area contributed by atoms with Crippen molar-refractivity contribution >= 4 is 21.4 Å². The Morgan fingerprint density at radius 3 is 2.75 bits per heavy atom. The Hall–Kier alpha value is -1.34. The number of hydrogen-bond acceptors (Lipinski definition) is 4. The molecule has 4 nitrogen and oxygen atoms in total. The molecule has 0 spiro atoms. The maximum Gasteiger partial charge on any atom is 0.251 e. The van der Waals surface area contributed by atoms with E-state index in [9.17, 15) is 8.42 Å². The van der Waals surface area contributed by atoms with Gasteiger partial charge in [0.25, 0.3) is 10.0 Å². The Balaban J connectivity index is 2.96. The second-order valence-electron chi connectivity index (χ2n) is 2.98. The minimum atomic E-state index is -3.60. The Labute approximate surface area is 99.0 Å². The Morgan fingerprint density at radius 1 is 1.62 bits per heavy atom. The lowest BCUT2D eigenvalue weighted by Gasteiger charge is -2.09. The van der Waals surface area contributed by atoms with Gasteiger partial charge < -0.3 is 0 Å². The smallest absolute Gasteiger partial charge is 0.206 e. The lowest BCUT2D eigenvalue weighted by molar-refractivity contribution is 0.572. The van der Waals surface area contributed by atoms with Crippen LogP contribution in [0, 0.1) is 23.7 Å². The SMILES string of the molecule is C#CC(CC)NS(=O)(=O)c1ccc(C#N)s1. The second kappa shape index (κ2) is 5.13. The lowest BCUT2D eigenvalue weighted by atomic mass is 10.3. The van der Waals surface area contributed by atoms with E-state index < -0.39 is 16.1 Å². The number of hydrogen-bond donors (Lipinski definition) is 1. The number of nitrogens with one attached hydrogen (secondary N) is 1. The number of nitrogens with zero attached hydrogens (tertiary/aromatic N) is 1. The molecule has 1 rings (SSSR count). The van der Waals surface area contributed by atoms with E-state index in [4.69, 9.17) is 11.7 Å². The zero-order valence-corrected chi connectivity index (χ0v) is 10.2. The fraction of sp³-hybridized carbons (Fsp3) is 0.300. The first kappa shape index (κ1) is 12.7. The van der Waals surface area contributed by atoms with Crippen molar-refractivity contribution in [2.24, 2.45) is 0 Å². The third kappa shape index (κ3) is 2.83. The molecule has 1 N–H and O–H groups in total. The number of sulfonamides is 1. The van der Waals surface area contributed by atoms with Crippen LogP contribution < -0.4 is 4.72 Å². The topological polar surface area (TPSA) is 70.0 Å². The molecule has 16 heavy (non-hydrogen) atoms. The predicted molar refractivity (Wildman–Crippen MR) is 62.3 cm³/mol. The molecule has 0 amide bonds. The third-order valence-corrected chi connectivity index (χ3v) is 4.82. The normalized spacial score (nSPS) is 12.7. The van der Waals surface area contributed by atoms with Crippen LogP contribution in [-0.2, 0) is 10.0 Å². The number of terminal acetylenes is 1. The first-order valence-electron chi connectivity index (χ1n) is 4.52. The van der Waals surface area contributed by atoms with Crippen LogP contribution in [0.1, 0.15) is 18.2 Å². The highest BCUT2D eigenvalue weighted by Gasteiger charge is 2.19. The molecule has 1 unspecified atom stereocenters. The van der Waals surface area contributed by atoms with Crippen molar-refractivity contribution < 1.29 is 8.42 Å². The van der Waals surface area contributed by atoms with E-state index in [-0.39, 0.29) is 4.21 Å². The molecule has 0 bridgehead atoms. The molecule has 1 atom stereocenters. The Kier molecular flexibility index (Phi) is 4.08. The summed E-state index contributed by atoms with van der Waals surface area (Å²) in [4.78, 5) is 0.356. The molecule has 0 aliphatic carbocycles. The summed E-state index contributed by atoms with van der Waals surface area (Å²) in [7, 11) is -3.60. The fourth-order valence-electron chi connectivity index (χ4n) is 1.01. The molecule has 0 aliphatic rings. The van der Waals surface area contributed by atoms with Crippen LogP contribution >= 0.6 is 11.3 Å². The number of thiophene rings is 1. The van der Waals surface area contributed by atoms with Gasteiger partial charge in [-0.25, -0.2) is 8.42 Å². The van der Waals surface area contributed by atoms with Gasteiger partial charge in [0.05, 0.1) is 6.04 Å². The fourth-order valence-corrected chi connectivity index (χ4v) is 3.36. The first-order chi connectivity index (χ1) is 7.53. The molecule has 0 aliphatic heterocycles. The van der Waals surface area contributed by atoms with Crippen molar-refractivity contribution in [3.05, 3.63) is 17.0 Å². The van der Waals surface area contributed by atoms with Gasteiger partial charge in [0.15, 0.2) is 0 Å². The van der Waals surface area contributed by atoms with Gasteiger partial charge in [0.2, 0.25) is 0 Å². The summed E-state index contributed by atoms with van der Waals surface area (Å²) in [5.41, 5.74) is 0. The van der Waals surface area contributed by atoms with Gasteiger partial charge >= 0.3 is 0 Å². The largest absolute Gasteiger partial charge is 0.251 e. The molecule has 0 radical (unpaired) electrons. The maximum atomic E-state index is 11.8. The molecular weight excluding hydrogens is 244 g/mol. The molecule has 6 heteroatoms. The van der Waals surface area contributed by atoms with Crippen LogP contribution in [0.25, 0.3) is 0 Å². The van der Waals surface area contributed by atoms with E-state index >= 15 is 0 Å². The predicted octanol–water partition coefficient (Wildman–Crippen LogP) is 1.31. The second-order valence-corrected chi connectivity index (χ2v) is 6.00. The molecule has 84 valence electrons. The van der Waals surface area contributed by atoms with Gasteiger partial charge in [0, 0.05) is 0 Å². The molecule has 1 aromatic heterocycles. The summed E-state index contributed by atoms with van der Waals surface area (Å²) in [5, 5.41) is 8.60. The van der Waals surface area contributed by atoms with Gasteiger partial charge in [-0.3, -0.25) is 0 Å². The van der Waals surface area contributed by atoms with Crippen molar-refractivity contribution in [2.45, 2.75) is 23.6 Å². The number of nitriles is 1. The van der Waals surface area contributed by atoms with Gasteiger partial charge in [-0.15, -0.1) is 17.8 Å². The molecule has 0 saturated heterocycles. The third-order valence-electron chi connectivity index (χ3n) is 1.86. The highest BCUT2D eigenvalue weighted by Crippen LogP contribution is 2.20. The first-order valence-corrected chi connectivity index (χ1v) is 6.82. The van der Waals surface area contributed by atoms with E-state index in [0.29, 0.717) is 11.3 Å². The Bertz CT molecular complexity index is 546. The molecule has 0 fully saturated rings. The molecular formula is C10H10N2O2S2. The van der Waals surface area contributed by atoms with E-state index in [1.165, 1.54) is 12.1 Å². The van der Waals surface area contributed by atoms with Crippen molar-refractivity contribution in [2.75, 3.05) is 0 Å². The zero-order chi connectivity index (χ0) is 12.2. The summed E-state index contributed by atoms with van der Waals surface area (Å²) in [6.07, 6.45) is 5.69. The van der Waals surface area contributed by atoms with Gasteiger partial charge in [-0.05, 0) is 18.6 Å². The minimum Gasteiger partial charge on any atom is -0.206 e. The van der Waals surface area contributed by atoms with Gasteiger partial charge in [0.1, 0.15) is 15.2 Å². The standard InChI is InChI=1S/C10H10N2O2S2/c1-3-8(4-2)12-16(13,14)10-6-5-9(7-11)15-10/h1,5-6,8,12H,4H2,2H3. The summed E-state index contributed by atoms with van der Waals surface area (Å²) < 4.78 is 26.1. The lowest BCUT2D eigenvalue weighted by Crippen LogP contribution is -2.32. The maximum absolute atomic E-state index is 11.8. The van der Waals surface area contributed by atoms with Crippen LogP contribution in [0.5, 0.6) is 0 Å². The average molecular weight is 254 g/mol. The van der Waals surface area contributed by atoms with E-state index in [1.807, 2.05) is 6.07 Å². The number of rotatable bonds is 4. The molecule has 0 saturated carbocycles. The van der Waals surface area contributed by atoms with Crippen LogP contribution in [-0.4, -0.2) is 14.5 Å². The summed E-state index contributed by atoms with van der Waals surface area (Å²) in [6, 6.07) is 4.24. The highest BCUT2D eigenvalue weighted by molar-refractivity contribution is 7.91. The van der Waals surface area contributed by atoms with Crippen LogP contribution in [0.3, 0.4) is 0 Å². The molecule has 1 aromatic rings. The minimum absolute atomic E-state index is 0.109. The van der Waals surface area contributed by atoms with Crippen molar-refractivity contribution in [3.8, 4) is 18.4 Å². The molecule has 1 heterocycles. The highest BCUT2D eigenvalue weighted by atomic mass is 32.2.